The van der Waals surface area contributed by atoms with Gasteiger partial charge in [0.1, 0.15) is 5.60 Å². The van der Waals surface area contributed by atoms with Crippen LogP contribution in [0.2, 0.25) is 0 Å². The molecule has 0 saturated carbocycles. The minimum Gasteiger partial charge on any atom is -0.444 e. The van der Waals surface area contributed by atoms with E-state index in [1.54, 1.807) is 4.90 Å². The molecule has 0 atom stereocenters. The van der Waals surface area contributed by atoms with Crippen LogP contribution in [0.5, 0.6) is 0 Å². The zero-order chi connectivity index (χ0) is 17.6. The minimum atomic E-state index is -0.448. The molecule has 1 aromatic carbocycles. The van der Waals surface area contributed by atoms with E-state index in [4.69, 9.17) is 10.3 Å². The number of ether oxygens (including phenoxy) is 1. The second kappa shape index (κ2) is 8.04. The van der Waals surface area contributed by atoms with Gasteiger partial charge in [0.15, 0.2) is 0 Å². The molecule has 1 fully saturated rings. The number of nitrogens with zero attached hydrogens (tertiary/aromatic N) is 5. The van der Waals surface area contributed by atoms with E-state index in [1.807, 2.05) is 45.0 Å². The van der Waals surface area contributed by atoms with Gasteiger partial charge >= 0.3 is 6.09 Å². The van der Waals surface area contributed by atoms with Crippen molar-refractivity contribution < 1.29 is 9.53 Å². The normalized spacial score (nSPS) is 15.7. The Balaban J connectivity index is 1.75. The zero-order valence-corrected chi connectivity index (χ0v) is 14.6. The largest absolute Gasteiger partial charge is 0.444 e. The summed E-state index contributed by atoms with van der Waals surface area (Å²) in [4.78, 5) is 18.9. The first-order chi connectivity index (χ1) is 11.4. The Labute approximate surface area is 142 Å². The molecule has 24 heavy (non-hydrogen) atoms. The summed E-state index contributed by atoms with van der Waals surface area (Å²) in [7, 11) is 0. The van der Waals surface area contributed by atoms with E-state index < -0.39 is 5.60 Å². The Morgan fingerprint density at radius 1 is 1.21 bits per heavy atom. The highest BCUT2D eigenvalue weighted by Crippen LogP contribution is 2.15. The number of hydrogen-bond acceptors (Lipinski definition) is 4. The van der Waals surface area contributed by atoms with Crippen LogP contribution in [0.15, 0.2) is 29.4 Å². The molecule has 0 spiro atoms. The van der Waals surface area contributed by atoms with Crippen LogP contribution in [0.25, 0.3) is 10.4 Å². The standard InChI is InChI=1S/C17H25N5O2/c1-17(2,3)24-16(23)22-12-10-21(11-13-22)9-8-14-4-6-15(7-5-14)19-20-18/h4-7H,8-13H2,1-3H3. The van der Waals surface area contributed by atoms with Gasteiger partial charge in [0, 0.05) is 43.3 Å². The average Bonchev–Trinajstić information content (AvgIpc) is 2.53. The highest BCUT2D eigenvalue weighted by atomic mass is 16.6. The second-order valence-electron chi connectivity index (χ2n) is 6.91. The van der Waals surface area contributed by atoms with Crippen molar-refractivity contribution in [3.05, 3.63) is 40.3 Å². The Morgan fingerprint density at radius 3 is 2.38 bits per heavy atom. The van der Waals surface area contributed by atoms with E-state index in [9.17, 15) is 4.79 Å². The smallest absolute Gasteiger partial charge is 0.410 e. The van der Waals surface area contributed by atoms with Gasteiger partial charge in [-0.25, -0.2) is 4.79 Å². The van der Waals surface area contributed by atoms with Gasteiger partial charge in [-0.1, -0.05) is 29.4 Å². The van der Waals surface area contributed by atoms with Crippen molar-refractivity contribution in [1.29, 1.82) is 0 Å². The average molecular weight is 331 g/mol. The number of rotatable bonds is 4. The molecule has 1 heterocycles. The molecule has 7 heteroatoms. The summed E-state index contributed by atoms with van der Waals surface area (Å²) in [6.07, 6.45) is 0.707. The summed E-state index contributed by atoms with van der Waals surface area (Å²) in [5, 5.41) is 3.57. The van der Waals surface area contributed by atoms with E-state index in [2.05, 4.69) is 14.9 Å². The molecule has 0 unspecified atom stereocenters. The Morgan fingerprint density at radius 2 is 1.83 bits per heavy atom. The fraction of sp³-hybridized carbons (Fsp3) is 0.588. The third-order valence-electron chi connectivity index (χ3n) is 3.84. The number of carbonyl (C=O) groups excluding carboxylic acids is 1. The molecule has 0 aliphatic carbocycles. The van der Waals surface area contributed by atoms with E-state index in [-0.39, 0.29) is 6.09 Å². The fourth-order valence-electron chi connectivity index (χ4n) is 2.55. The van der Waals surface area contributed by atoms with Crippen LogP contribution in [0.1, 0.15) is 26.3 Å². The van der Waals surface area contributed by atoms with Crippen LogP contribution >= 0.6 is 0 Å². The van der Waals surface area contributed by atoms with Gasteiger partial charge in [-0.05, 0) is 38.3 Å². The monoisotopic (exact) mass is 331 g/mol. The van der Waals surface area contributed by atoms with Crippen LogP contribution in [0.3, 0.4) is 0 Å². The molecule has 1 aliphatic rings. The summed E-state index contributed by atoms with van der Waals surface area (Å²) in [6, 6.07) is 7.63. The topological polar surface area (TPSA) is 81.5 Å². The molecule has 0 radical (unpaired) electrons. The predicted molar refractivity (Wildman–Crippen MR) is 93.2 cm³/mol. The molecule has 7 nitrogen and oxygen atoms in total. The lowest BCUT2D eigenvalue weighted by Crippen LogP contribution is -2.50. The Bertz CT molecular complexity index is 594. The molecule has 0 aromatic heterocycles. The zero-order valence-electron chi connectivity index (χ0n) is 14.6. The van der Waals surface area contributed by atoms with Crippen molar-refractivity contribution in [1.82, 2.24) is 9.80 Å². The SMILES string of the molecule is CC(C)(C)OC(=O)N1CCN(CCc2ccc(N=[N+]=[N-])cc2)CC1. The summed E-state index contributed by atoms with van der Waals surface area (Å²) < 4.78 is 5.41. The second-order valence-corrected chi connectivity index (χ2v) is 6.91. The van der Waals surface area contributed by atoms with Crippen LogP contribution in [-0.4, -0.2) is 54.2 Å². The third kappa shape index (κ3) is 5.76. The molecule has 2 rings (SSSR count). The first-order valence-electron chi connectivity index (χ1n) is 8.22. The maximum Gasteiger partial charge on any atom is 0.410 e. The van der Waals surface area contributed by atoms with Crippen molar-refractivity contribution in [2.24, 2.45) is 5.11 Å². The van der Waals surface area contributed by atoms with E-state index in [0.717, 1.165) is 26.1 Å². The summed E-state index contributed by atoms with van der Waals surface area (Å²) in [6.45, 7) is 9.71. The van der Waals surface area contributed by atoms with Crippen molar-refractivity contribution in [3.63, 3.8) is 0 Å². The molecule has 0 bridgehead atoms. The number of carbonyl (C=O) groups is 1. The molecule has 1 amide bonds. The van der Waals surface area contributed by atoms with Gasteiger partial charge in [-0.15, -0.1) is 0 Å². The first kappa shape index (κ1) is 18.1. The van der Waals surface area contributed by atoms with E-state index >= 15 is 0 Å². The van der Waals surface area contributed by atoms with E-state index in [1.165, 1.54) is 5.56 Å². The molecule has 1 aromatic rings. The Kier molecular flexibility index (Phi) is 6.06. The summed E-state index contributed by atoms with van der Waals surface area (Å²) in [5.41, 5.74) is 9.79. The lowest BCUT2D eigenvalue weighted by molar-refractivity contribution is 0.0146. The van der Waals surface area contributed by atoms with Gasteiger partial charge < -0.3 is 9.64 Å². The predicted octanol–water partition coefficient (Wildman–Crippen LogP) is 3.72. The van der Waals surface area contributed by atoms with Gasteiger partial charge in [0.25, 0.3) is 0 Å². The maximum absolute atomic E-state index is 12.0. The first-order valence-corrected chi connectivity index (χ1v) is 8.22. The van der Waals surface area contributed by atoms with Crippen LogP contribution in [0, 0.1) is 0 Å². The number of azide groups is 1. The fourth-order valence-corrected chi connectivity index (χ4v) is 2.55. The van der Waals surface area contributed by atoms with Gasteiger partial charge in [0.2, 0.25) is 0 Å². The van der Waals surface area contributed by atoms with Gasteiger partial charge in [-0.3, -0.25) is 4.90 Å². The highest BCUT2D eigenvalue weighted by Gasteiger charge is 2.25. The van der Waals surface area contributed by atoms with Crippen molar-refractivity contribution in [3.8, 4) is 0 Å². The van der Waals surface area contributed by atoms with Crippen molar-refractivity contribution >= 4 is 11.8 Å². The van der Waals surface area contributed by atoms with Gasteiger partial charge in [-0.2, -0.15) is 0 Å². The molecule has 130 valence electrons. The molecule has 0 N–H and O–H groups in total. The summed E-state index contributed by atoms with van der Waals surface area (Å²) in [5.74, 6) is 0. The quantitative estimate of drug-likeness (QED) is 0.479. The number of benzene rings is 1. The molecular formula is C17H25N5O2. The maximum atomic E-state index is 12.0. The lowest BCUT2D eigenvalue weighted by Gasteiger charge is -2.35. The number of hydrogen-bond donors (Lipinski definition) is 0. The van der Waals surface area contributed by atoms with Gasteiger partial charge in [0.05, 0.1) is 0 Å². The van der Waals surface area contributed by atoms with Crippen LogP contribution in [0.4, 0.5) is 10.5 Å². The van der Waals surface area contributed by atoms with Crippen LogP contribution < -0.4 is 0 Å². The molecular weight excluding hydrogens is 306 g/mol. The third-order valence-corrected chi connectivity index (χ3v) is 3.84. The highest BCUT2D eigenvalue weighted by molar-refractivity contribution is 5.68. The summed E-state index contributed by atoms with van der Waals surface area (Å²) >= 11 is 0. The molecule has 1 saturated heterocycles. The van der Waals surface area contributed by atoms with E-state index in [0.29, 0.717) is 18.8 Å². The minimum absolute atomic E-state index is 0.226. The lowest BCUT2D eigenvalue weighted by atomic mass is 10.1. The Hall–Kier alpha value is -2.24. The van der Waals surface area contributed by atoms with Crippen molar-refractivity contribution in [2.75, 3.05) is 32.7 Å². The number of amides is 1. The van der Waals surface area contributed by atoms with Crippen molar-refractivity contribution in [2.45, 2.75) is 32.8 Å². The number of piperazine rings is 1. The molecule has 1 aliphatic heterocycles. The van der Waals surface area contributed by atoms with Crippen LogP contribution in [-0.2, 0) is 11.2 Å².